The van der Waals surface area contributed by atoms with Gasteiger partial charge in [0.25, 0.3) is 0 Å². The number of hydrogen-bond acceptors (Lipinski definition) is 5. The van der Waals surface area contributed by atoms with E-state index >= 15 is 0 Å². The summed E-state index contributed by atoms with van der Waals surface area (Å²) >= 11 is 0. The summed E-state index contributed by atoms with van der Waals surface area (Å²) in [5.74, 6) is 0.875. The van der Waals surface area contributed by atoms with Crippen LogP contribution in [0.5, 0.6) is 0 Å². The maximum absolute atomic E-state index is 13.3. The molecular weight excluding hydrogens is 362 g/mol. The minimum absolute atomic E-state index is 0.00648. The van der Waals surface area contributed by atoms with Crippen LogP contribution in [-0.2, 0) is 4.79 Å². The van der Waals surface area contributed by atoms with Gasteiger partial charge >= 0.3 is 0 Å². The Labute approximate surface area is 171 Å². The van der Waals surface area contributed by atoms with E-state index in [1.165, 1.54) is 5.56 Å². The molecule has 6 nitrogen and oxygen atoms in total. The Morgan fingerprint density at radius 2 is 1.69 bits per heavy atom. The number of nitrogens with zero attached hydrogens (tertiary/aromatic N) is 4. The van der Waals surface area contributed by atoms with Gasteiger partial charge in [0, 0.05) is 44.3 Å². The molecule has 1 N–H and O–H groups in total. The van der Waals surface area contributed by atoms with Crippen LogP contribution in [0.3, 0.4) is 0 Å². The van der Waals surface area contributed by atoms with Crippen molar-refractivity contribution in [1.82, 2.24) is 14.9 Å². The first-order valence-corrected chi connectivity index (χ1v) is 9.88. The molecule has 1 aliphatic rings. The summed E-state index contributed by atoms with van der Waals surface area (Å²) in [7, 11) is 0. The molecule has 3 aromatic rings. The van der Waals surface area contributed by atoms with Crippen LogP contribution < -0.4 is 10.2 Å². The third-order valence-electron chi connectivity index (χ3n) is 5.24. The number of aromatic nitrogens is 2. The number of piperazine rings is 1. The molecule has 1 aliphatic heterocycles. The fourth-order valence-corrected chi connectivity index (χ4v) is 3.67. The Balaban J connectivity index is 1.51. The molecule has 1 aromatic heterocycles. The molecule has 0 saturated carbocycles. The smallest absolute Gasteiger partial charge is 0.246 e. The van der Waals surface area contributed by atoms with Gasteiger partial charge < -0.3 is 10.2 Å². The molecule has 1 atom stereocenters. The lowest BCUT2D eigenvalue weighted by atomic mass is 10.0. The highest BCUT2D eigenvalue weighted by Crippen LogP contribution is 2.25. The summed E-state index contributed by atoms with van der Waals surface area (Å²) in [6, 6.07) is 17.6. The number of rotatable bonds is 5. The molecule has 148 valence electrons. The van der Waals surface area contributed by atoms with E-state index in [2.05, 4.69) is 25.1 Å². The maximum Gasteiger partial charge on any atom is 0.246 e. The number of carbonyl (C=O) groups is 1. The summed E-state index contributed by atoms with van der Waals surface area (Å²) < 4.78 is 0. The van der Waals surface area contributed by atoms with Crippen molar-refractivity contribution in [1.29, 1.82) is 0 Å². The third-order valence-corrected chi connectivity index (χ3v) is 5.24. The monoisotopic (exact) mass is 387 g/mol. The van der Waals surface area contributed by atoms with Gasteiger partial charge in [-0.25, -0.2) is 4.98 Å². The Kier molecular flexibility index (Phi) is 5.81. The molecule has 4 rings (SSSR count). The predicted octanol–water partition coefficient (Wildman–Crippen LogP) is 3.29. The first kappa shape index (κ1) is 19.1. The summed E-state index contributed by atoms with van der Waals surface area (Å²) in [6.07, 6.45) is 5.18. The molecule has 2 heterocycles. The van der Waals surface area contributed by atoms with Gasteiger partial charge in [0.05, 0.1) is 6.20 Å². The van der Waals surface area contributed by atoms with Crippen LogP contribution in [0.1, 0.15) is 17.2 Å². The lowest BCUT2D eigenvalue weighted by Crippen LogP contribution is -2.50. The Hall–Kier alpha value is -3.25. The minimum atomic E-state index is -0.332. The average Bonchev–Trinajstić information content (AvgIpc) is 2.77. The van der Waals surface area contributed by atoms with Crippen LogP contribution in [-0.4, -0.2) is 47.0 Å². The molecular formula is C23H25N5O. The zero-order valence-corrected chi connectivity index (χ0v) is 16.5. The van der Waals surface area contributed by atoms with Crippen molar-refractivity contribution in [3.05, 3.63) is 84.3 Å². The van der Waals surface area contributed by atoms with Gasteiger partial charge in [0.15, 0.2) is 0 Å². The molecule has 0 spiro atoms. The predicted molar refractivity (Wildman–Crippen MR) is 115 cm³/mol. The lowest BCUT2D eigenvalue weighted by Gasteiger charge is -2.39. The highest BCUT2D eigenvalue weighted by Gasteiger charge is 2.30. The van der Waals surface area contributed by atoms with Gasteiger partial charge in [0.2, 0.25) is 5.91 Å². The largest absolute Gasteiger partial charge is 0.353 e. The van der Waals surface area contributed by atoms with Crippen molar-refractivity contribution in [2.24, 2.45) is 0 Å². The van der Waals surface area contributed by atoms with E-state index in [1.54, 1.807) is 18.6 Å². The molecule has 0 aliphatic carbocycles. The van der Waals surface area contributed by atoms with Crippen LogP contribution >= 0.6 is 0 Å². The fraction of sp³-hybridized carbons (Fsp3) is 0.261. The summed E-state index contributed by atoms with van der Waals surface area (Å²) in [5, 5.41) is 3.09. The van der Waals surface area contributed by atoms with Crippen molar-refractivity contribution in [2.45, 2.75) is 13.0 Å². The van der Waals surface area contributed by atoms with Gasteiger partial charge in [-0.15, -0.1) is 0 Å². The first-order valence-electron chi connectivity index (χ1n) is 9.88. The van der Waals surface area contributed by atoms with Crippen molar-refractivity contribution in [3.63, 3.8) is 0 Å². The zero-order chi connectivity index (χ0) is 20.1. The molecule has 1 unspecified atom stereocenters. The van der Waals surface area contributed by atoms with Gasteiger partial charge in [-0.05, 0) is 24.6 Å². The van der Waals surface area contributed by atoms with E-state index in [4.69, 9.17) is 0 Å². The van der Waals surface area contributed by atoms with Crippen LogP contribution in [0.4, 0.5) is 11.5 Å². The van der Waals surface area contributed by atoms with Crippen molar-refractivity contribution < 1.29 is 4.79 Å². The molecule has 29 heavy (non-hydrogen) atoms. The molecule has 0 bridgehead atoms. The van der Waals surface area contributed by atoms with Crippen molar-refractivity contribution in [3.8, 4) is 0 Å². The molecule has 1 fully saturated rings. The topological polar surface area (TPSA) is 61.4 Å². The second kappa shape index (κ2) is 8.84. The van der Waals surface area contributed by atoms with Crippen molar-refractivity contribution >= 4 is 17.4 Å². The number of benzene rings is 2. The van der Waals surface area contributed by atoms with E-state index in [0.717, 1.165) is 43.2 Å². The number of anilines is 2. The van der Waals surface area contributed by atoms with Gasteiger partial charge in [-0.3, -0.25) is 14.7 Å². The average molecular weight is 387 g/mol. The lowest BCUT2D eigenvalue weighted by molar-refractivity contribution is -0.121. The number of amides is 1. The molecule has 2 aromatic carbocycles. The van der Waals surface area contributed by atoms with Crippen LogP contribution in [0.25, 0.3) is 0 Å². The van der Waals surface area contributed by atoms with E-state index < -0.39 is 0 Å². The van der Waals surface area contributed by atoms with E-state index in [-0.39, 0.29) is 11.9 Å². The Bertz CT molecular complexity index is 923. The normalized spacial score (nSPS) is 15.7. The second-order valence-corrected chi connectivity index (χ2v) is 7.26. The third kappa shape index (κ3) is 4.60. The number of hydrogen-bond donors (Lipinski definition) is 1. The van der Waals surface area contributed by atoms with E-state index in [0.29, 0.717) is 0 Å². The second-order valence-electron chi connectivity index (χ2n) is 7.26. The number of nitrogens with one attached hydrogen (secondary N) is 1. The minimum Gasteiger partial charge on any atom is -0.353 e. The summed E-state index contributed by atoms with van der Waals surface area (Å²) in [6.45, 7) is 5.20. The fourth-order valence-electron chi connectivity index (χ4n) is 3.67. The maximum atomic E-state index is 13.3. The SMILES string of the molecule is Cc1ccc(NC(=O)C(c2ccccc2)N2CCN(c3cnccn3)CC2)cc1. The number of carbonyl (C=O) groups excluding carboxylic acids is 1. The van der Waals surface area contributed by atoms with Gasteiger partial charge in [-0.2, -0.15) is 0 Å². The molecule has 1 saturated heterocycles. The Morgan fingerprint density at radius 1 is 0.966 bits per heavy atom. The van der Waals surface area contributed by atoms with Gasteiger partial charge in [-0.1, -0.05) is 48.0 Å². The molecule has 0 radical (unpaired) electrons. The van der Waals surface area contributed by atoms with Crippen LogP contribution in [0.2, 0.25) is 0 Å². The first-order chi connectivity index (χ1) is 14.2. The summed E-state index contributed by atoms with van der Waals surface area (Å²) in [4.78, 5) is 26.3. The molecule has 1 amide bonds. The standard InChI is InChI=1S/C23H25N5O/c1-18-7-9-20(10-8-18)26-23(29)22(19-5-3-2-4-6-19)28-15-13-27(14-16-28)21-17-24-11-12-25-21/h2-12,17,22H,13-16H2,1H3,(H,26,29). The van der Waals surface area contributed by atoms with Crippen LogP contribution in [0.15, 0.2) is 73.2 Å². The quantitative estimate of drug-likeness (QED) is 0.728. The summed E-state index contributed by atoms with van der Waals surface area (Å²) in [5.41, 5.74) is 2.99. The Morgan fingerprint density at radius 3 is 2.34 bits per heavy atom. The zero-order valence-electron chi connectivity index (χ0n) is 16.5. The molecule has 6 heteroatoms. The van der Waals surface area contributed by atoms with E-state index in [1.807, 2.05) is 61.5 Å². The van der Waals surface area contributed by atoms with Gasteiger partial charge in [0.1, 0.15) is 11.9 Å². The highest BCUT2D eigenvalue weighted by atomic mass is 16.2. The van der Waals surface area contributed by atoms with Crippen molar-refractivity contribution in [2.75, 3.05) is 36.4 Å². The highest BCUT2D eigenvalue weighted by molar-refractivity contribution is 5.95. The van der Waals surface area contributed by atoms with E-state index in [9.17, 15) is 4.79 Å². The number of aryl methyl sites for hydroxylation is 1. The van der Waals surface area contributed by atoms with Crippen LogP contribution in [0, 0.1) is 6.92 Å².